The number of fused-ring (bicyclic) bond motifs is 4. The molecule has 7 aromatic carbocycles. The van der Waals surface area contributed by atoms with Crippen LogP contribution in [0.5, 0.6) is 0 Å². The number of hydrogen-bond donors (Lipinski definition) is 1. The van der Waals surface area contributed by atoms with E-state index in [0.717, 1.165) is 78.0 Å². The molecule has 1 N–H and O–H groups in total. The molecule has 0 fully saturated rings. The zero-order chi connectivity index (χ0) is 34.7. The summed E-state index contributed by atoms with van der Waals surface area (Å²) >= 11 is 2.62. The van der Waals surface area contributed by atoms with Gasteiger partial charge in [-0.2, -0.15) is 24.3 Å². The molecule has 1 aliphatic rings. The van der Waals surface area contributed by atoms with E-state index in [1.807, 2.05) is 12.1 Å². The molecule has 1 unspecified atom stereocenters. The van der Waals surface area contributed by atoms with Crippen LogP contribution in [0.1, 0.15) is 22.9 Å². The maximum absolute atomic E-state index is 7.88. The Hall–Kier alpha value is -6.10. The Morgan fingerprint density at radius 3 is 2.17 bits per heavy atom. The summed E-state index contributed by atoms with van der Waals surface area (Å²) < 4.78 is 14.3. The van der Waals surface area contributed by atoms with Gasteiger partial charge in [0.25, 0.3) is 0 Å². The van der Waals surface area contributed by atoms with Crippen molar-refractivity contribution in [3.8, 4) is 22.3 Å². The number of rotatable bonds is 6. The second-order valence-electron chi connectivity index (χ2n) is 12.4. The van der Waals surface area contributed by atoms with Crippen molar-refractivity contribution < 1.29 is 23.7 Å². The molecular formula is C46H34N3NiO2-3. The van der Waals surface area contributed by atoms with E-state index in [1.54, 1.807) is 7.05 Å². The molecule has 5 nitrogen and oxygen atoms in total. The van der Waals surface area contributed by atoms with E-state index < -0.39 is 0 Å². The van der Waals surface area contributed by atoms with Crippen LogP contribution in [0.15, 0.2) is 167 Å². The molecule has 8 aromatic rings. The first-order chi connectivity index (χ1) is 25.2. The van der Waals surface area contributed by atoms with E-state index in [1.165, 1.54) is 10.8 Å². The Labute approximate surface area is 311 Å². The van der Waals surface area contributed by atoms with E-state index in [-0.39, 0.29) is 13.6 Å². The first-order valence-corrected chi connectivity index (χ1v) is 17.0. The Morgan fingerprint density at radius 1 is 0.673 bits per heavy atom. The standard InChI is InChI=1S/C45H31N3O.CH3.Ni.O/c1-46-37-17-8-14-32(25-37)29-20-22-30(23-21-29)40-28-41(48-45(47-40)31-10-3-2-4-11-31)36-16-7-15-35(24-36)38-18-9-19-42-44(38)39-26-33-12-5-6-13-34(33)27-43(39)49-42;;;/h2-16,18-28,45,47H,1H3;1H3;;/q-2;-1;;. The van der Waals surface area contributed by atoms with Crippen molar-refractivity contribution in [3.63, 3.8) is 0 Å². The van der Waals surface area contributed by atoms with Crippen molar-refractivity contribution in [1.82, 2.24) is 5.32 Å². The quantitative estimate of drug-likeness (QED) is 0.137. The molecule has 0 spiro atoms. The van der Waals surface area contributed by atoms with Gasteiger partial charge in [-0.1, -0.05) is 109 Å². The maximum atomic E-state index is 7.88. The van der Waals surface area contributed by atoms with Crippen LogP contribution in [0.4, 0.5) is 5.69 Å². The van der Waals surface area contributed by atoms with E-state index >= 15 is 0 Å². The van der Waals surface area contributed by atoms with Gasteiger partial charge in [-0.3, -0.25) is 10.7 Å². The molecule has 0 radical (unpaired) electrons. The number of aliphatic imine (C=N–C) groups is 1. The molecule has 0 saturated carbocycles. The van der Waals surface area contributed by atoms with Crippen molar-refractivity contribution in [2.75, 3.05) is 7.05 Å². The van der Waals surface area contributed by atoms with E-state index in [9.17, 15) is 0 Å². The molecule has 6 heteroatoms. The van der Waals surface area contributed by atoms with Crippen molar-refractivity contribution in [2.24, 2.45) is 4.99 Å². The van der Waals surface area contributed by atoms with Crippen molar-refractivity contribution >= 4 is 49.8 Å². The second-order valence-corrected chi connectivity index (χ2v) is 12.4. The topological polar surface area (TPSA) is 68.7 Å². The van der Waals surface area contributed by atoms with Crippen molar-refractivity contribution in [2.45, 2.75) is 6.17 Å². The molecule has 0 amide bonds. The number of nitrogens with zero attached hydrogens (tertiary/aromatic N) is 2. The molecule has 2 heterocycles. The molecule has 1 atom stereocenters. The number of nitrogens with one attached hydrogen (secondary N) is 1. The molecule has 0 aliphatic carbocycles. The number of allylic oxidation sites excluding steroid dienone is 1. The predicted octanol–water partition coefficient (Wildman–Crippen LogP) is 12.0. The molecule has 9 rings (SSSR count). The molecule has 1 aliphatic heterocycles. The minimum absolute atomic E-state index is 0. The van der Waals surface area contributed by atoms with Gasteiger partial charge in [-0.25, -0.2) is 0 Å². The van der Waals surface area contributed by atoms with Crippen LogP contribution >= 0.6 is 0 Å². The van der Waals surface area contributed by atoms with Gasteiger partial charge in [0.1, 0.15) is 17.3 Å². The average molecular weight is 719 g/mol. The predicted molar refractivity (Wildman–Crippen MR) is 210 cm³/mol. The average Bonchev–Trinajstić information content (AvgIpc) is 3.58. The normalized spacial score (nSPS) is 13.7. The minimum atomic E-state index is -0.229. The van der Waals surface area contributed by atoms with Crippen LogP contribution in [-0.4, -0.2) is 12.8 Å². The third kappa shape index (κ3) is 6.57. The molecule has 52 heavy (non-hydrogen) atoms. The molecule has 0 bridgehead atoms. The summed E-state index contributed by atoms with van der Waals surface area (Å²) in [6.45, 7) is 0. The van der Waals surface area contributed by atoms with E-state index in [2.05, 4.69) is 178 Å². The zero-order valence-corrected chi connectivity index (χ0v) is 29.6. The van der Waals surface area contributed by atoms with Gasteiger partial charge in [0.15, 0.2) is 0 Å². The van der Waals surface area contributed by atoms with Gasteiger partial charge in [0, 0.05) is 22.0 Å². The summed E-state index contributed by atoms with van der Waals surface area (Å²) in [5.74, 6) is 0. The van der Waals surface area contributed by atoms with Crippen LogP contribution in [0.2, 0.25) is 0 Å². The fourth-order valence-electron chi connectivity index (χ4n) is 6.86. The Kier molecular flexibility index (Phi) is 9.93. The summed E-state index contributed by atoms with van der Waals surface area (Å²) in [6, 6.07) is 56.2. The van der Waals surface area contributed by atoms with Crippen molar-refractivity contribution in [1.29, 1.82) is 0 Å². The Bertz CT molecular complexity index is 2590. The third-order valence-electron chi connectivity index (χ3n) is 9.35. The van der Waals surface area contributed by atoms with Gasteiger partial charge in [-0.15, -0.1) is 12.6 Å². The number of furan rings is 1. The van der Waals surface area contributed by atoms with Gasteiger partial charge < -0.3 is 22.5 Å². The van der Waals surface area contributed by atoms with Crippen LogP contribution in [0.25, 0.3) is 66.0 Å². The van der Waals surface area contributed by atoms with Gasteiger partial charge in [0.05, 0.1) is 5.71 Å². The van der Waals surface area contributed by atoms with E-state index in [0.29, 0.717) is 0 Å². The summed E-state index contributed by atoms with van der Waals surface area (Å²) in [6.07, 6.45) is 1.94. The molecule has 258 valence electrons. The summed E-state index contributed by atoms with van der Waals surface area (Å²) in [4.78, 5) is 5.25. The monoisotopic (exact) mass is 718 g/mol. The Balaban J connectivity index is 0.00000138. The van der Waals surface area contributed by atoms with Crippen LogP contribution in [0.3, 0.4) is 0 Å². The summed E-state index contributed by atoms with van der Waals surface area (Å²) in [5.41, 5.74) is 12.3. The number of benzene rings is 7. The SMILES string of the molecule is C[N-]c1[c-]ccc(-c2ccc(C3=CC(c4cccc(-c5cccc6oc7cc8ccccc8cc7c56)c4)=NC(c4ccccc4)N3)cc2)c1.[CH3-].[O]=[Ni]. The van der Waals surface area contributed by atoms with E-state index in [4.69, 9.17) is 13.3 Å². The molecule has 0 saturated heterocycles. The summed E-state index contributed by atoms with van der Waals surface area (Å²) in [5, 5.41) is 12.6. The van der Waals surface area contributed by atoms with Crippen molar-refractivity contribution in [3.05, 3.63) is 193 Å². The van der Waals surface area contributed by atoms with Crippen LogP contribution in [0, 0.1) is 13.5 Å². The van der Waals surface area contributed by atoms with Crippen LogP contribution < -0.4 is 5.32 Å². The van der Waals surface area contributed by atoms with Gasteiger partial charge >= 0.3 is 19.3 Å². The molecular weight excluding hydrogens is 685 g/mol. The van der Waals surface area contributed by atoms with Gasteiger partial charge in [0.2, 0.25) is 0 Å². The fraction of sp³-hybridized carbons (Fsp3) is 0.0435. The Morgan fingerprint density at radius 2 is 1.38 bits per heavy atom. The first-order valence-electron chi connectivity index (χ1n) is 16.6. The van der Waals surface area contributed by atoms with Gasteiger partial charge in [-0.05, 0) is 68.9 Å². The fourth-order valence-corrected chi connectivity index (χ4v) is 6.86. The summed E-state index contributed by atoms with van der Waals surface area (Å²) in [7, 11) is 1.79. The third-order valence-corrected chi connectivity index (χ3v) is 9.35. The van der Waals surface area contributed by atoms with Crippen LogP contribution in [-0.2, 0) is 19.3 Å². The first kappa shape index (κ1) is 34.4. The zero-order valence-electron chi connectivity index (χ0n) is 28.6. The molecule has 1 aromatic heterocycles. The second kappa shape index (κ2) is 15.0. The number of hydrogen-bond acceptors (Lipinski definition) is 4.